The zero-order valence-corrected chi connectivity index (χ0v) is 6.81. The van der Waals surface area contributed by atoms with E-state index in [2.05, 4.69) is 0 Å². The second kappa shape index (κ2) is 5.00. The van der Waals surface area contributed by atoms with Crippen LogP contribution in [0.5, 0.6) is 0 Å². The van der Waals surface area contributed by atoms with Gasteiger partial charge < -0.3 is 4.74 Å². The van der Waals surface area contributed by atoms with Crippen molar-refractivity contribution in [3.63, 3.8) is 0 Å². The largest absolute Gasteiger partial charge is 0.383 e. The number of ether oxygens (including phenoxy) is 1. The summed E-state index contributed by atoms with van der Waals surface area (Å²) in [5.41, 5.74) is 0.675. The van der Waals surface area contributed by atoms with Crippen molar-refractivity contribution in [2.45, 2.75) is 25.0 Å². The maximum absolute atomic E-state index is 5.34. The van der Waals surface area contributed by atoms with Crippen LogP contribution < -0.4 is 0 Å². The summed E-state index contributed by atoms with van der Waals surface area (Å²) in [6, 6.07) is 0. The van der Waals surface area contributed by atoms with Crippen LogP contribution in [-0.2, 0) is 4.74 Å². The van der Waals surface area contributed by atoms with Crippen molar-refractivity contribution in [2.24, 2.45) is 0 Å². The van der Waals surface area contributed by atoms with Crippen LogP contribution in [0.1, 0.15) is 19.3 Å². The van der Waals surface area contributed by atoms with E-state index in [1.54, 1.807) is 0 Å². The van der Waals surface area contributed by atoms with Crippen LogP contribution >= 0.6 is 0 Å². The second-order valence-electron chi connectivity index (χ2n) is 2.18. The summed E-state index contributed by atoms with van der Waals surface area (Å²) >= 11 is 0. The van der Waals surface area contributed by atoms with Gasteiger partial charge in [-0.1, -0.05) is 0 Å². The molecule has 0 amide bonds. The van der Waals surface area contributed by atoms with Gasteiger partial charge in [0.05, 0.1) is 0 Å². The molecule has 8 heavy (non-hydrogen) atoms. The molecule has 0 aromatic carbocycles. The van der Waals surface area contributed by atoms with Crippen LogP contribution in [0, 0.1) is 0 Å². The Morgan fingerprint density at radius 1 is 1.38 bits per heavy atom. The smallest absolute Gasteiger partial charge is 0.0465 e. The number of hydrogen-bond donors (Lipinski definition) is 0. The fourth-order valence-corrected chi connectivity index (χ4v) is 1.55. The standard InChI is InChI=1S/C5H12OSi.Na.H/c7-5-3-1-2-4-6-5;;/h5H,1-4H2,7H3;;. The van der Waals surface area contributed by atoms with Gasteiger partial charge in [0.25, 0.3) is 0 Å². The number of rotatable bonds is 0. The zero-order valence-electron chi connectivity index (χ0n) is 4.81. The van der Waals surface area contributed by atoms with Gasteiger partial charge >= 0.3 is 29.6 Å². The van der Waals surface area contributed by atoms with Gasteiger partial charge in [0.15, 0.2) is 0 Å². The molecule has 3 heteroatoms. The van der Waals surface area contributed by atoms with Crippen LogP contribution in [0.4, 0.5) is 0 Å². The first kappa shape index (κ1) is 9.18. The van der Waals surface area contributed by atoms with Gasteiger partial charge in [-0.3, -0.25) is 0 Å². The first-order valence-corrected chi connectivity index (χ1v) is 4.16. The van der Waals surface area contributed by atoms with Crippen molar-refractivity contribution < 1.29 is 4.74 Å². The maximum Gasteiger partial charge on any atom is 0.0465 e. The van der Waals surface area contributed by atoms with E-state index in [0.29, 0.717) is 5.73 Å². The molecule has 0 aliphatic carbocycles. The molecular formula is C5H13NaOSi. The average Bonchev–Trinajstić information content (AvgIpc) is 1.69. The predicted octanol–water partition coefficient (Wildman–Crippen LogP) is -0.770. The Balaban J connectivity index is 0.000000490. The third-order valence-electron chi connectivity index (χ3n) is 1.41. The van der Waals surface area contributed by atoms with E-state index in [0.717, 1.165) is 6.61 Å². The molecule has 1 aliphatic heterocycles. The Hall–Kier alpha value is 1.18. The molecule has 0 saturated carbocycles. The summed E-state index contributed by atoms with van der Waals surface area (Å²) in [5.74, 6) is 0. The van der Waals surface area contributed by atoms with E-state index in [-0.39, 0.29) is 29.6 Å². The van der Waals surface area contributed by atoms with Crippen molar-refractivity contribution in [3.8, 4) is 0 Å². The summed E-state index contributed by atoms with van der Waals surface area (Å²) in [5, 5.41) is 0. The molecule has 0 aromatic rings. The Labute approximate surface area is 75.9 Å². The molecule has 1 nitrogen and oxygen atoms in total. The van der Waals surface area contributed by atoms with Crippen molar-refractivity contribution in [3.05, 3.63) is 0 Å². The average molecular weight is 140 g/mol. The Bertz CT molecular complexity index is 54.4. The topological polar surface area (TPSA) is 9.23 Å². The van der Waals surface area contributed by atoms with Crippen LogP contribution in [0.25, 0.3) is 0 Å². The predicted molar refractivity (Wildman–Crippen MR) is 40.7 cm³/mol. The molecule has 0 bridgehead atoms. The SMILES string of the molecule is [NaH].[SiH3]C1CCCCO1. The molecule has 1 rings (SSSR count). The summed E-state index contributed by atoms with van der Waals surface area (Å²) in [4.78, 5) is 0. The minimum atomic E-state index is 0. The van der Waals surface area contributed by atoms with E-state index in [1.165, 1.54) is 29.5 Å². The molecule has 1 aliphatic rings. The summed E-state index contributed by atoms with van der Waals surface area (Å²) in [6.45, 7) is 1.02. The minimum absolute atomic E-state index is 0. The van der Waals surface area contributed by atoms with Crippen molar-refractivity contribution in [1.82, 2.24) is 0 Å². The van der Waals surface area contributed by atoms with E-state index in [4.69, 9.17) is 4.74 Å². The molecule has 1 atom stereocenters. The van der Waals surface area contributed by atoms with E-state index < -0.39 is 0 Å². The monoisotopic (exact) mass is 140 g/mol. The van der Waals surface area contributed by atoms with Crippen molar-refractivity contribution in [1.29, 1.82) is 0 Å². The van der Waals surface area contributed by atoms with Crippen LogP contribution in [0.15, 0.2) is 0 Å². The van der Waals surface area contributed by atoms with Crippen LogP contribution in [0.2, 0.25) is 0 Å². The third-order valence-corrected chi connectivity index (χ3v) is 2.32. The molecule has 0 radical (unpaired) electrons. The first-order chi connectivity index (χ1) is 3.39. The Morgan fingerprint density at radius 3 is 2.38 bits per heavy atom. The van der Waals surface area contributed by atoms with Gasteiger partial charge in [-0.05, 0) is 19.3 Å². The third kappa shape index (κ3) is 3.25. The molecule has 0 aromatic heterocycles. The van der Waals surface area contributed by atoms with Gasteiger partial charge in [-0.25, -0.2) is 0 Å². The van der Waals surface area contributed by atoms with Gasteiger partial charge in [0, 0.05) is 22.6 Å². The molecule has 1 saturated heterocycles. The minimum Gasteiger partial charge on any atom is -0.383 e. The van der Waals surface area contributed by atoms with E-state index in [1.807, 2.05) is 0 Å². The zero-order chi connectivity index (χ0) is 5.11. The summed E-state index contributed by atoms with van der Waals surface area (Å²) in [7, 11) is 1.23. The van der Waals surface area contributed by atoms with Gasteiger partial charge in [-0.2, -0.15) is 0 Å². The molecule has 0 N–H and O–H groups in total. The first-order valence-electron chi connectivity index (χ1n) is 3.01. The second-order valence-corrected chi connectivity index (χ2v) is 3.47. The maximum atomic E-state index is 5.34. The van der Waals surface area contributed by atoms with Crippen LogP contribution in [-0.4, -0.2) is 52.1 Å². The molecule has 1 heterocycles. The van der Waals surface area contributed by atoms with Gasteiger partial charge in [0.1, 0.15) is 0 Å². The molecule has 1 unspecified atom stereocenters. The summed E-state index contributed by atoms with van der Waals surface area (Å²) in [6.07, 6.45) is 4.01. The normalized spacial score (nSPS) is 29.2. The van der Waals surface area contributed by atoms with E-state index >= 15 is 0 Å². The Kier molecular flexibility index (Phi) is 5.74. The molecule has 44 valence electrons. The molecule has 0 spiro atoms. The van der Waals surface area contributed by atoms with Gasteiger partial charge in [0.2, 0.25) is 0 Å². The van der Waals surface area contributed by atoms with Gasteiger partial charge in [-0.15, -0.1) is 0 Å². The van der Waals surface area contributed by atoms with E-state index in [9.17, 15) is 0 Å². The van der Waals surface area contributed by atoms with Crippen LogP contribution in [0.3, 0.4) is 0 Å². The van der Waals surface area contributed by atoms with Crippen molar-refractivity contribution >= 4 is 39.8 Å². The quantitative estimate of drug-likeness (QED) is 0.401. The molecular weight excluding hydrogens is 127 g/mol. The Morgan fingerprint density at radius 2 is 2.12 bits per heavy atom. The summed E-state index contributed by atoms with van der Waals surface area (Å²) < 4.78 is 5.34. The number of hydrogen-bond acceptors (Lipinski definition) is 1. The fourth-order valence-electron chi connectivity index (χ4n) is 0.902. The fraction of sp³-hybridized carbons (Fsp3) is 1.00. The van der Waals surface area contributed by atoms with Crippen molar-refractivity contribution in [2.75, 3.05) is 6.61 Å². The molecule has 1 fully saturated rings.